The number of rotatable bonds is 45. The zero-order valence-electron chi connectivity index (χ0n) is 42.5. The highest BCUT2D eigenvalue weighted by molar-refractivity contribution is 6.05. The third kappa shape index (κ3) is 27.2. The van der Waals surface area contributed by atoms with Crippen LogP contribution in [0.3, 0.4) is 0 Å². The lowest BCUT2D eigenvalue weighted by molar-refractivity contribution is -0.136. The summed E-state index contributed by atoms with van der Waals surface area (Å²) in [7, 11) is 2.10. The molecule has 1 aromatic heterocycles. The molecule has 0 unspecified atom stereocenters. The molecule has 2 N–H and O–H groups in total. The number of carbonyl (C=O) groups is 2. The van der Waals surface area contributed by atoms with Crippen LogP contribution >= 0.6 is 0 Å². The Morgan fingerprint density at radius 3 is 1.51 bits per heavy atom. The van der Waals surface area contributed by atoms with Gasteiger partial charge in [0, 0.05) is 44.2 Å². The average molecular weight is 1040 g/mol. The molecule has 72 heavy (non-hydrogen) atoms. The van der Waals surface area contributed by atoms with Gasteiger partial charge in [-0.25, -0.2) is 13.8 Å². The first-order chi connectivity index (χ1) is 35.0. The number of ether oxygens (including phenoxy) is 11. The molecule has 2 aromatic rings. The molecule has 1 aromatic carbocycles. The molecular formula is C49H78F4N6O13. The summed E-state index contributed by atoms with van der Waals surface area (Å²) in [5.41, 5.74) is 8.24. The summed E-state index contributed by atoms with van der Waals surface area (Å²) >= 11 is 0. The van der Waals surface area contributed by atoms with Crippen molar-refractivity contribution in [1.29, 1.82) is 0 Å². The lowest BCUT2D eigenvalue weighted by atomic mass is 10.1. The molecule has 410 valence electrons. The number of nitrogens with zero attached hydrogens (tertiary/aromatic N) is 5. The van der Waals surface area contributed by atoms with Gasteiger partial charge in [-0.05, 0) is 45.4 Å². The van der Waals surface area contributed by atoms with Gasteiger partial charge in [-0.15, -0.1) is 0 Å². The predicted molar refractivity (Wildman–Crippen MR) is 259 cm³/mol. The molecule has 1 amide bonds. The molecule has 0 aliphatic carbocycles. The number of carbonyl (C=O) groups excluding carboxylic acids is 2. The molecule has 0 atom stereocenters. The van der Waals surface area contributed by atoms with Gasteiger partial charge in [0.25, 0.3) is 0 Å². The van der Waals surface area contributed by atoms with Gasteiger partial charge >= 0.3 is 5.97 Å². The molecule has 0 saturated carbocycles. The highest BCUT2D eigenvalue weighted by atomic mass is 19.2. The van der Waals surface area contributed by atoms with E-state index in [2.05, 4.69) is 35.5 Å². The summed E-state index contributed by atoms with van der Waals surface area (Å²) in [5.74, 6) is -9.05. The van der Waals surface area contributed by atoms with E-state index < -0.39 is 41.4 Å². The van der Waals surface area contributed by atoms with E-state index in [0.717, 1.165) is 64.8 Å². The van der Waals surface area contributed by atoms with E-state index in [-0.39, 0.29) is 31.8 Å². The van der Waals surface area contributed by atoms with Crippen LogP contribution in [0.25, 0.3) is 6.08 Å². The number of benzene rings is 1. The van der Waals surface area contributed by atoms with E-state index >= 15 is 0 Å². The van der Waals surface area contributed by atoms with Crippen molar-refractivity contribution in [2.45, 2.75) is 65.3 Å². The molecule has 3 rings (SSSR count). The maximum absolute atomic E-state index is 13.6. The number of amides is 1. The number of likely N-dealkylation sites (N-methyl/N-ethyl adjacent to an activating group) is 1. The number of aryl methyl sites for hydroxylation is 1. The predicted octanol–water partition coefficient (Wildman–Crippen LogP) is 5.13. The Labute approximate surface area is 421 Å². The third-order valence-corrected chi connectivity index (χ3v) is 10.4. The molecule has 0 radical (unpaired) electrons. The standard InChI is InChI=1S/C49H78F4N6O13/c1-4-10-58(11-5-2)49(61)39-35-42-43(55-44(54)36-39)38-59(56-42)13-8-6-7-12-57(3)14-16-63-18-20-65-22-24-67-26-28-69-30-32-71-34-33-70-31-29-68-27-25-66-23-21-64-19-17-62-15-9-45(60)72-48-46(52)40(50)37-41(51)47(48)53/h35,37-38H,4-34,36H2,1-3H3,(H2,54,55). The third-order valence-electron chi connectivity index (χ3n) is 10.4. The number of aliphatic imine (C=N–C) groups is 1. The molecule has 0 fully saturated rings. The van der Waals surface area contributed by atoms with Crippen LogP contribution in [0.5, 0.6) is 5.75 Å². The lowest BCUT2D eigenvalue weighted by Crippen LogP contribution is -2.34. The van der Waals surface area contributed by atoms with Crippen LogP contribution in [0.2, 0.25) is 0 Å². The van der Waals surface area contributed by atoms with E-state index in [1.54, 1.807) is 0 Å². The van der Waals surface area contributed by atoms with Gasteiger partial charge < -0.3 is 67.6 Å². The normalized spacial score (nSPS) is 12.6. The minimum Gasteiger partial charge on any atom is -0.420 e. The van der Waals surface area contributed by atoms with Gasteiger partial charge in [-0.2, -0.15) is 13.9 Å². The van der Waals surface area contributed by atoms with Crippen LogP contribution < -0.4 is 10.5 Å². The monoisotopic (exact) mass is 1030 g/mol. The van der Waals surface area contributed by atoms with Crippen molar-refractivity contribution in [3.8, 4) is 5.75 Å². The maximum atomic E-state index is 13.6. The summed E-state index contributed by atoms with van der Waals surface area (Å²) in [6.45, 7) is 15.9. The van der Waals surface area contributed by atoms with Crippen molar-refractivity contribution in [1.82, 2.24) is 19.6 Å². The summed E-state index contributed by atoms with van der Waals surface area (Å²) in [4.78, 5) is 33.7. The number of esters is 1. The molecule has 19 nitrogen and oxygen atoms in total. The second kappa shape index (κ2) is 39.3. The Bertz CT molecular complexity index is 1830. The number of halogens is 4. The second-order valence-electron chi connectivity index (χ2n) is 16.4. The topological polar surface area (TPSA) is 198 Å². The van der Waals surface area contributed by atoms with Crippen LogP contribution in [-0.4, -0.2) is 203 Å². The average Bonchev–Trinajstić information content (AvgIpc) is 3.66. The SMILES string of the molecule is CCCN(CCC)C(=O)C1=Cc2nn(CCCCCN(C)CCOCCOCCOCCOCCOCCOCCOCCOCCOCCOCCC(=O)Oc3c(F)c(F)cc(F)c3F)cc2N=C(N)C1. The fraction of sp³-hybridized carbons (Fsp3) is 0.714. The van der Waals surface area contributed by atoms with Crippen LogP contribution in [-0.2, 0) is 63.5 Å². The van der Waals surface area contributed by atoms with E-state index in [9.17, 15) is 27.2 Å². The van der Waals surface area contributed by atoms with Crippen LogP contribution in [0.15, 0.2) is 22.8 Å². The zero-order valence-corrected chi connectivity index (χ0v) is 42.5. The van der Waals surface area contributed by atoms with E-state index in [0.29, 0.717) is 142 Å². The minimum absolute atomic E-state index is 0.0128. The Morgan fingerprint density at radius 2 is 1.06 bits per heavy atom. The van der Waals surface area contributed by atoms with E-state index in [1.807, 2.05) is 21.9 Å². The number of nitrogens with two attached hydrogens (primary N) is 1. The number of unbranched alkanes of at least 4 members (excludes halogenated alkanes) is 2. The number of fused-ring (bicyclic) bond motifs is 1. The Morgan fingerprint density at radius 1 is 0.611 bits per heavy atom. The first-order valence-corrected chi connectivity index (χ1v) is 24.9. The molecule has 2 heterocycles. The van der Waals surface area contributed by atoms with Crippen LogP contribution in [0.1, 0.15) is 64.5 Å². The smallest absolute Gasteiger partial charge is 0.313 e. The van der Waals surface area contributed by atoms with Crippen molar-refractivity contribution >= 4 is 29.5 Å². The number of hydrogen-bond acceptors (Lipinski definition) is 17. The Hall–Kier alpha value is -4.14. The van der Waals surface area contributed by atoms with Crippen molar-refractivity contribution in [2.24, 2.45) is 10.7 Å². The second-order valence-corrected chi connectivity index (χ2v) is 16.4. The number of aromatic nitrogens is 2. The molecule has 1 aliphatic rings. The van der Waals surface area contributed by atoms with Crippen molar-refractivity contribution < 1.29 is 79.3 Å². The first-order valence-electron chi connectivity index (χ1n) is 24.9. The number of hydrogen-bond donors (Lipinski definition) is 1. The largest absolute Gasteiger partial charge is 0.420 e. The molecule has 0 spiro atoms. The van der Waals surface area contributed by atoms with Gasteiger partial charge in [-0.3, -0.25) is 14.3 Å². The Kier molecular flexibility index (Phi) is 34.0. The highest BCUT2D eigenvalue weighted by Crippen LogP contribution is 2.28. The molecule has 0 bridgehead atoms. The van der Waals surface area contributed by atoms with Crippen molar-refractivity contribution in [2.75, 3.05) is 165 Å². The quantitative estimate of drug-likeness (QED) is 0.0301. The van der Waals surface area contributed by atoms with E-state index in [1.165, 1.54) is 0 Å². The lowest BCUT2D eigenvalue weighted by Gasteiger charge is -2.22. The number of amidine groups is 1. The van der Waals surface area contributed by atoms with Gasteiger partial charge in [0.2, 0.25) is 23.3 Å². The molecular weight excluding hydrogens is 957 g/mol. The van der Waals surface area contributed by atoms with Gasteiger partial charge in [-0.1, -0.05) is 20.3 Å². The maximum Gasteiger partial charge on any atom is 0.313 e. The van der Waals surface area contributed by atoms with Crippen molar-refractivity contribution in [3.63, 3.8) is 0 Å². The molecule has 0 saturated heterocycles. The summed E-state index contributed by atoms with van der Waals surface area (Å²) < 4.78 is 115. The summed E-state index contributed by atoms with van der Waals surface area (Å²) in [5, 5.41) is 4.73. The highest BCUT2D eigenvalue weighted by Gasteiger charge is 2.24. The summed E-state index contributed by atoms with van der Waals surface area (Å²) in [6, 6.07) is 0.0187. The van der Waals surface area contributed by atoms with Crippen LogP contribution in [0.4, 0.5) is 23.2 Å². The fourth-order valence-electron chi connectivity index (χ4n) is 6.74. The van der Waals surface area contributed by atoms with Gasteiger partial charge in [0.15, 0.2) is 11.6 Å². The van der Waals surface area contributed by atoms with Gasteiger partial charge in [0.05, 0.1) is 145 Å². The zero-order chi connectivity index (χ0) is 52.0. The fourth-order valence-corrected chi connectivity index (χ4v) is 6.74. The van der Waals surface area contributed by atoms with Crippen LogP contribution in [0, 0.1) is 23.3 Å². The molecule has 1 aliphatic heterocycles. The Balaban J connectivity index is 0.982. The summed E-state index contributed by atoms with van der Waals surface area (Å²) in [6.07, 6.45) is 8.63. The van der Waals surface area contributed by atoms with Gasteiger partial charge in [0.1, 0.15) is 17.2 Å². The minimum atomic E-state index is -1.80. The van der Waals surface area contributed by atoms with Crippen molar-refractivity contribution in [3.05, 3.63) is 46.8 Å². The van der Waals surface area contributed by atoms with E-state index in [4.69, 9.17) is 58.2 Å². The molecule has 23 heteroatoms. The first kappa shape index (κ1) is 62.2.